The first-order valence-corrected chi connectivity index (χ1v) is 7.39. The molecule has 1 heterocycles. The molecule has 1 aliphatic carbocycles. The van der Waals surface area contributed by atoms with Gasteiger partial charge in [0.2, 0.25) is 5.91 Å². The van der Waals surface area contributed by atoms with Crippen molar-refractivity contribution in [3.8, 4) is 5.69 Å². The number of halogens is 1. The number of rotatable bonds is 4. The highest BCUT2D eigenvalue weighted by Gasteiger charge is 2.26. The summed E-state index contributed by atoms with van der Waals surface area (Å²) in [6.45, 7) is 0. The van der Waals surface area contributed by atoms with E-state index in [4.69, 9.17) is 5.73 Å². The fourth-order valence-electron chi connectivity index (χ4n) is 2.87. The van der Waals surface area contributed by atoms with E-state index in [9.17, 15) is 4.79 Å². The minimum absolute atomic E-state index is 0. The van der Waals surface area contributed by atoms with Gasteiger partial charge in [0.05, 0.1) is 5.69 Å². The van der Waals surface area contributed by atoms with Crippen molar-refractivity contribution in [3.63, 3.8) is 0 Å². The maximum Gasteiger partial charge on any atom is 0.225 e. The van der Waals surface area contributed by atoms with Crippen LogP contribution in [0, 0.1) is 5.92 Å². The van der Waals surface area contributed by atoms with Crippen molar-refractivity contribution >= 4 is 24.1 Å². The number of carbonyl (C=O) groups excluding carboxylic acids is 1. The standard InChI is InChI=1S/C16H20N4O.ClH/c17-14-8-4-5-12(14)11-16(21)18-15-9-10-20(19-15)13-6-2-1-3-7-13;/h1-3,6-7,9-10,12,14H,4-5,8,11,17H2,(H,18,19,21);1H/t12-,14+;/m0./s1. The van der Waals surface area contributed by atoms with E-state index in [1.807, 2.05) is 36.5 Å². The van der Waals surface area contributed by atoms with Crippen LogP contribution in [0.4, 0.5) is 5.82 Å². The lowest BCUT2D eigenvalue weighted by atomic mass is 10.00. The van der Waals surface area contributed by atoms with Crippen LogP contribution in [-0.2, 0) is 4.79 Å². The molecule has 0 radical (unpaired) electrons. The van der Waals surface area contributed by atoms with Crippen LogP contribution in [-0.4, -0.2) is 21.7 Å². The number of anilines is 1. The number of hydrogen-bond donors (Lipinski definition) is 2. The lowest BCUT2D eigenvalue weighted by molar-refractivity contribution is -0.117. The molecular weight excluding hydrogens is 300 g/mol. The molecular formula is C16H21ClN4O. The van der Waals surface area contributed by atoms with Gasteiger partial charge in [-0.25, -0.2) is 4.68 Å². The molecule has 2 atom stereocenters. The number of carbonyl (C=O) groups is 1. The van der Waals surface area contributed by atoms with Crippen LogP contribution in [0.1, 0.15) is 25.7 Å². The van der Waals surface area contributed by atoms with E-state index in [-0.39, 0.29) is 24.4 Å². The monoisotopic (exact) mass is 320 g/mol. The summed E-state index contributed by atoms with van der Waals surface area (Å²) < 4.78 is 1.75. The van der Waals surface area contributed by atoms with Crippen molar-refractivity contribution in [2.75, 3.05) is 5.32 Å². The lowest BCUT2D eigenvalue weighted by Gasteiger charge is -2.13. The molecule has 0 saturated heterocycles. The SMILES string of the molecule is Cl.N[C@@H]1CCC[C@H]1CC(=O)Nc1ccn(-c2ccccc2)n1. The third kappa shape index (κ3) is 3.87. The van der Waals surface area contributed by atoms with Crippen LogP contribution in [0.2, 0.25) is 0 Å². The summed E-state index contributed by atoms with van der Waals surface area (Å²) in [4.78, 5) is 12.0. The van der Waals surface area contributed by atoms with Crippen molar-refractivity contribution in [1.82, 2.24) is 9.78 Å². The molecule has 1 aromatic carbocycles. The van der Waals surface area contributed by atoms with Gasteiger partial charge in [0.15, 0.2) is 5.82 Å². The summed E-state index contributed by atoms with van der Waals surface area (Å²) in [5.41, 5.74) is 6.97. The van der Waals surface area contributed by atoms with E-state index in [1.165, 1.54) is 0 Å². The normalized spacial score (nSPS) is 20.4. The van der Waals surface area contributed by atoms with Crippen molar-refractivity contribution in [1.29, 1.82) is 0 Å². The third-order valence-electron chi connectivity index (χ3n) is 4.04. The molecule has 0 bridgehead atoms. The Hall–Kier alpha value is -1.85. The Morgan fingerprint density at radius 3 is 2.73 bits per heavy atom. The zero-order chi connectivity index (χ0) is 14.7. The van der Waals surface area contributed by atoms with Gasteiger partial charge in [-0.2, -0.15) is 5.10 Å². The van der Waals surface area contributed by atoms with Gasteiger partial charge in [-0.1, -0.05) is 24.6 Å². The van der Waals surface area contributed by atoms with E-state index >= 15 is 0 Å². The van der Waals surface area contributed by atoms with E-state index in [0.717, 1.165) is 24.9 Å². The number of aromatic nitrogens is 2. The van der Waals surface area contributed by atoms with Crippen LogP contribution >= 0.6 is 12.4 Å². The summed E-state index contributed by atoms with van der Waals surface area (Å²) >= 11 is 0. The maximum absolute atomic E-state index is 12.0. The number of nitrogens with zero attached hydrogens (tertiary/aromatic N) is 2. The van der Waals surface area contributed by atoms with Crippen molar-refractivity contribution in [2.24, 2.45) is 11.7 Å². The Balaban J connectivity index is 0.00000176. The Morgan fingerprint density at radius 1 is 1.27 bits per heavy atom. The molecule has 1 saturated carbocycles. The Morgan fingerprint density at radius 2 is 2.05 bits per heavy atom. The molecule has 0 aliphatic heterocycles. The number of amides is 1. The highest BCUT2D eigenvalue weighted by molar-refractivity contribution is 5.89. The lowest BCUT2D eigenvalue weighted by Crippen LogP contribution is -2.28. The fraction of sp³-hybridized carbons (Fsp3) is 0.375. The van der Waals surface area contributed by atoms with Crippen LogP contribution in [0.25, 0.3) is 5.69 Å². The molecule has 3 rings (SSSR count). The average molecular weight is 321 g/mol. The number of para-hydroxylation sites is 1. The first kappa shape index (κ1) is 16.5. The second-order valence-electron chi connectivity index (χ2n) is 5.59. The predicted molar refractivity (Wildman–Crippen MR) is 89.4 cm³/mol. The zero-order valence-electron chi connectivity index (χ0n) is 12.3. The smallest absolute Gasteiger partial charge is 0.225 e. The highest BCUT2D eigenvalue weighted by atomic mass is 35.5. The largest absolute Gasteiger partial charge is 0.327 e. The molecule has 1 amide bonds. The van der Waals surface area contributed by atoms with Gasteiger partial charge in [0.25, 0.3) is 0 Å². The van der Waals surface area contributed by atoms with E-state index in [0.29, 0.717) is 18.2 Å². The van der Waals surface area contributed by atoms with Gasteiger partial charge in [0.1, 0.15) is 0 Å². The van der Waals surface area contributed by atoms with Crippen LogP contribution in [0.3, 0.4) is 0 Å². The van der Waals surface area contributed by atoms with Gasteiger partial charge in [0, 0.05) is 24.7 Å². The predicted octanol–water partition coefficient (Wildman–Crippen LogP) is 2.75. The average Bonchev–Trinajstić information content (AvgIpc) is 3.10. The molecule has 0 unspecified atom stereocenters. The Labute approximate surface area is 136 Å². The van der Waals surface area contributed by atoms with Gasteiger partial charge in [-0.3, -0.25) is 4.79 Å². The highest BCUT2D eigenvalue weighted by Crippen LogP contribution is 2.27. The van der Waals surface area contributed by atoms with Gasteiger partial charge < -0.3 is 11.1 Å². The number of nitrogens with one attached hydrogen (secondary N) is 1. The topological polar surface area (TPSA) is 72.9 Å². The zero-order valence-corrected chi connectivity index (χ0v) is 13.1. The molecule has 5 nitrogen and oxygen atoms in total. The quantitative estimate of drug-likeness (QED) is 0.909. The van der Waals surface area contributed by atoms with Crippen LogP contribution < -0.4 is 11.1 Å². The minimum Gasteiger partial charge on any atom is -0.327 e. The van der Waals surface area contributed by atoms with E-state index in [1.54, 1.807) is 10.7 Å². The van der Waals surface area contributed by atoms with Crippen molar-refractivity contribution < 1.29 is 4.79 Å². The van der Waals surface area contributed by atoms with E-state index < -0.39 is 0 Å². The number of hydrogen-bond acceptors (Lipinski definition) is 3. The molecule has 118 valence electrons. The second kappa shape index (κ2) is 7.42. The molecule has 22 heavy (non-hydrogen) atoms. The Kier molecular flexibility index (Phi) is 5.57. The van der Waals surface area contributed by atoms with Crippen molar-refractivity contribution in [3.05, 3.63) is 42.6 Å². The molecule has 1 aliphatic rings. The number of nitrogens with two attached hydrogens (primary N) is 1. The third-order valence-corrected chi connectivity index (χ3v) is 4.04. The summed E-state index contributed by atoms with van der Waals surface area (Å²) in [6, 6.07) is 11.8. The second-order valence-corrected chi connectivity index (χ2v) is 5.59. The first-order chi connectivity index (χ1) is 10.2. The number of benzene rings is 1. The van der Waals surface area contributed by atoms with Gasteiger partial charge >= 0.3 is 0 Å². The van der Waals surface area contributed by atoms with Crippen molar-refractivity contribution in [2.45, 2.75) is 31.7 Å². The molecule has 2 aromatic rings. The molecule has 1 aromatic heterocycles. The van der Waals surface area contributed by atoms with Crippen LogP contribution in [0.5, 0.6) is 0 Å². The molecule has 0 spiro atoms. The van der Waals surface area contributed by atoms with Crippen LogP contribution in [0.15, 0.2) is 42.6 Å². The van der Waals surface area contributed by atoms with Gasteiger partial charge in [-0.05, 0) is 30.9 Å². The molecule has 3 N–H and O–H groups in total. The molecule has 6 heteroatoms. The summed E-state index contributed by atoms with van der Waals surface area (Å²) in [5, 5.41) is 7.22. The minimum atomic E-state index is -0.00402. The summed E-state index contributed by atoms with van der Waals surface area (Å²) in [6.07, 6.45) is 5.53. The summed E-state index contributed by atoms with van der Waals surface area (Å²) in [7, 11) is 0. The fourth-order valence-corrected chi connectivity index (χ4v) is 2.87. The summed E-state index contributed by atoms with van der Waals surface area (Å²) in [5.74, 6) is 0.882. The van der Waals surface area contributed by atoms with E-state index in [2.05, 4.69) is 10.4 Å². The first-order valence-electron chi connectivity index (χ1n) is 7.39. The maximum atomic E-state index is 12.0. The molecule has 1 fully saturated rings. The Bertz CT molecular complexity index is 614. The van der Waals surface area contributed by atoms with Gasteiger partial charge in [-0.15, -0.1) is 12.4 Å².